The Bertz CT molecular complexity index is 1950. The van der Waals surface area contributed by atoms with Crippen LogP contribution in [0.2, 0.25) is 13.1 Å². The SMILES string of the molecule is CCC(C)c1ccc(-c2cccc3c2C=C(CC2CCCC2)[CH]3[Zr]([Cl])([Cl])([CH]2C(CC3CCCC3)=Cc3c(-c4ccc(C(C)CC)cc4)cccc32)[SiH](C)C)cc1. The summed E-state index contributed by atoms with van der Waals surface area (Å²) in [5, 5.41) is 0. The topological polar surface area (TPSA) is 0 Å². The van der Waals surface area contributed by atoms with Crippen LogP contribution in [0.15, 0.2) is 96.1 Å². The Morgan fingerprint density at radius 3 is 1.29 bits per heavy atom. The molecule has 2 fully saturated rings. The first-order valence-corrected chi connectivity index (χ1v) is 38.8. The zero-order valence-corrected chi connectivity index (χ0v) is 40.1. The van der Waals surface area contributed by atoms with Gasteiger partial charge in [-0.05, 0) is 0 Å². The summed E-state index contributed by atoms with van der Waals surface area (Å²) in [4.78, 5) is 0. The number of benzene rings is 4. The van der Waals surface area contributed by atoms with Crippen molar-refractivity contribution in [1.82, 2.24) is 0 Å². The molecule has 0 saturated heterocycles. The fourth-order valence-electron chi connectivity index (χ4n) is 11.5. The van der Waals surface area contributed by atoms with Crippen molar-refractivity contribution in [3.63, 3.8) is 0 Å². The molecule has 56 heavy (non-hydrogen) atoms. The molecule has 2 saturated carbocycles. The molecule has 0 amide bonds. The molecule has 4 heteroatoms. The molecule has 0 bridgehead atoms. The monoisotopic (exact) mass is 877 g/mol. The second-order valence-electron chi connectivity index (χ2n) is 18.9. The molecule has 0 spiro atoms. The Morgan fingerprint density at radius 2 is 0.946 bits per heavy atom. The van der Waals surface area contributed by atoms with Gasteiger partial charge in [-0.1, -0.05) is 0 Å². The third-order valence-electron chi connectivity index (χ3n) is 15.3. The van der Waals surface area contributed by atoms with E-state index in [1.807, 2.05) is 0 Å². The Kier molecular flexibility index (Phi) is 12.1. The van der Waals surface area contributed by atoms with Crippen molar-refractivity contribution in [3.05, 3.63) is 129 Å². The van der Waals surface area contributed by atoms with Crippen LogP contribution in [-0.4, -0.2) is 5.92 Å². The Balaban J connectivity index is 1.30. The van der Waals surface area contributed by atoms with E-state index in [4.69, 9.17) is 17.0 Å². The molecule has 0 aromatic heterocycles. The van der Waals surface area contributed by atoms with Gasteiger partial charge in [0.25, 0.3) is 0 Å². The number of allylic oxidation sites excluding steroid dienone is 2. The van der Waals surface area contributed by atoms with E-state index in [-0.39, 0.29) is 7.25 Å². The molecule has 0 nitrogen and oxygen atoms in total. The van der Waals surface area contributed by atoms with Crippen LogP contribution >= 0.6 is 17.0 Å². The van der Waals surface area contributed by atoms with Gasteiger partial charge in [0, 0.05) is 0 Å². The van der Waals surface area contributed by atoms with Crippen molar-refractivity contribution in [2.75, 3.05) is 0 Å². The molecule has 0 heterocycles. The third kappa shape index (κ3) is 7.33. The molecular weight excluding hydrogens is 815 g/mol. The van der Waals surface area contributed by atoms with Gasteiger partial charge in [0.05, 0.1) is 0 Å². The molecule has 8 rings (SSSR count). The average Bonchev–Trinajstić information content (AvgIpc) is 4.05. The molecule has 4 aliphatic rings. The van der Waals surface area contributed by atoms with Crippen LogP contribution < -0.4 is 0 Å². The van der Waals surface area contributed by atoms with Gasteiger partial charge in [0.15, 0.2) is 0 Å². The van der Waals surface area contributed by atoms with Gasteiger partial charge >= 0.3 is 351 Å². The Morgan fingerprint density at radius 1 is 0.571 bits per heavy atom. The molecule has 4 aromatic rings. The number of fused-ring (bicyclic) bond motifs is 2. The molecule has 0 aliphatic heterocycles. The van der Waals surface area contributed by atoms with Gasteiger partial charge in [-0.3, -0.25) is 0 Å². The van der Waals surface area contributed by atoms with E-state index in [0.717, 1.165) is 37.5 Å². The Labute approximate surface area is 348 Å². The zero-order valence-electron chi connectivity index (χ0n) is 35.0. The molecule has 295 valence electrons. The van der Waals surface area contributed by atoms with Crippen molar-refractivity contribution >= 4 is 35.1 Å². The predicted molar refractivity (Wildman–Crippen MR) is 246 cm³/mol. The average molecular weight is 880 g/mol. The van der Waals surface area contributed by atoms with E-state index in [9.17, 15) is 0 Å². The van der Waals surface area contributed by atoms with Crippen LogP contribution in [-0.2, 0) is 15.6 Å². The minimum absolute atomic E-state index is 0.141. The second kappa shape index (κ2) is 16.6. The van der Waals surface area contributed by atoms with Gasteiger partial charge in [0.2, 0.25) is 0 Å². The fourth-order valence-corrected chi connectivity index (χ4v) is 42.8. The van der Waals surface area contributed by atoms with Crippen LogP contribution in [0.1, 0.15) is 157 Å². The maximum absolute atomic E-state index is 9.05. The minimum atomic E-state index is -4.96. The first kappa shape index (κ1) is 40.8. The van der Waals surface area contributed by atoms with E-state index >= 15 is 0 Å². The molecular formula is C52H65Cl2SiZr. The summed E-state index contributed by atoms with van der Waals surface area (Å²) >= 11 is -4.96. The van der Waals surface area contributed by atoms with Gasteiger partial charge in [-0.25, -0.2) is 0 Å². The van der Waals surface area contributed by atoms with Crippen molar-refractivity contribution in [2.24, 2.45) is 11.8 Å². The van der Waals surface area contributed by atoms with Crippen LogP contribution in [0.4, 0.5) is 0 Å². The van der Waals surface area contributed by atoms with E-state index in [0.29, 0.717) is 11.8 Å². The summed E-state index contributed by atoms with van der Waals surface area (Å²) < 4.78 is 0.283. The van der Waals surface area contributed by atoms with Crippen molar-refractivity contribution in [1.29, 1.82) is 0 Å². The summed E-state index contributed by atoms with van der Waals surface area (Å²) in [5.74, 6) is 0.914. The van der Waals surface area contributed by atoms with Crippen molar-refractivity contribution in [2.45, 2.75) is 137 Å². The van der Waals surface area contributed by atoms with Crippen molar-refractivity contribution in [3.8, 4) is 22.3 Å². The molecule has 0 radical (unpaired) electrons. The van der Waals surface area contributed by atoms with E-state index in [1.54, 1.807) is 11.1 Å². The number of hydrogen-bond donors (Lipinski definition) is 0. The number of halogens is 2. The number of rotatable bonds is 13. The summed E-state index contributed by atoms with van der Waals surface area (Å²) in [5.41, 5.74) is 17.0. The summed E-state index contributed by atoms with van der Waals surface area (Å²) in [6.45, 7) is 14.3. The van der Waals surface area contributed by atoms with Crippen LogP contribution in [0, 0.1) is 11.8 Å². The van der Waals surface area contributed by atoms with Crippen LogP contribution in [0.3, 0.4) is 0 Å². The predicted octanol–water partition coefficient (Wildman–Crippen LogP) is 16.8. The number of hydrogen-bond acceptors (Lipinski definition) is 0. The van der Waals surface area contributed by atoms with Gasteiger partial charge in [-0.2, -0.15) is 0 Å². The van der Waals surface area contributed by atoms with Gasteiger partial charge < -0.3 is 0 Å². The quantitative estimate of drug-likeness (QED) is 0.117. The van der Waals surface area contributed by atoms with Crippen LogP contribution in [0.25, 0.3) is 34.4 Å². The summed E-state index contributed by atoms with van der Waals surface area (Å²) in [6, 6.07) is 33.1. The van der Waals surface area contributed by atoms with Crippen LogP contribution in [0.5, 0.6) is 0 Å². The van der Waals surface area contributed by atoms with Gasteiger partial charge in [0.1, 0.15) is 0 Å². The first-order chi connectivity index (χ1) is 27.0. The maximum atomic E-state index is 9.05. The summed E-state index contributed by atoms with van der Waals surface area (Å²) in [6.07, 6.45) is 20.6. The normalized spacial score (nSPS) is 21.8. The van der Waals surface area contributed by atoms with E-state index < -0.39 is 21.5 Å². The molecule has 4 atom stereocenters. The first-order valence-electron chi connectivity index (χ1n) is 22.5. The third-order valence-corrected chi connectivity index (χ3v) is 67.2. The molecule has 0 N–H and O–H groups in total. The standard InChI is InChI=1S/2C25H29.C2H7Si.2ClH.Zr/c2*1-3-18(2)21-11-13-22(14-12-21)24-10-6-9-23-16-20(17-25(23)24)15-19-7-4-5-8-19;1-3-2;;;/h2*6,9-14,16-19H,3-5,7-8,15H2,1-2H3;3H,1-2H3;2*1H;/q;;;;;+2/p-2. The Hall–Kier alpha value is -1.96. The molecule has 4 aromatic carbocycles. The van der Waals surface area contributed by atoms with E-state index in [1.165, 1.54) is 107 Å². The van der Waals surface area contributed by atoms with Crippen molar-refractivity contribution < 1.29 is 15.6 Å². The second-order valence-corrected chi connectivity index (χ2v) is 61.4. The molecule has 4 aliphatic carbocycles. The zero-order chi connectivity index (χ0) is 39.2. The fraction of sp³-hybridized carbons (Fsp3) is 0.462. The summed E-state index contributed by atoms with van der Waals surface area (Å²) in [7, 11) is 18.1. The molecule has 4 unspecified atom stereocenters. The van der Waals surface area contributed by atoms with E-state index in [2.05, 4.69) is 138 Å². The van der Waals surface area contributed by atoms with Gasteiger partial charge in [-0.15, -0.1) is 0 Å².